The number of hydrogen-bond donors (Lipinski definition) is 1. The van der Waals surface area contributed by atoms with Crippen molar-refractivity contribution in [2.75, 3.05) is 13.1 Å². The van der Waals surface area contributed by atoms with Gasteiger partial charge in [-0.25, -0.2) is 4.39 Å². The zero-order valence-corrected chi connectivity index (χ0v) is 15.7. The maximum Gasteiger partial charge on any atom is 0.123 e. The Balaban J connectivity index is 1.65. The third-order valence-electron chi connectivity index (χ3n) is 5.54. The Morgan fingerprint density at radius 1 is 1.04 bits per heavy atom. The summed E-state index contributed by atoms with van der Waals surface area (Å²) in [6.07, 6.45) is 9.23. The van der Waals surface area contributed by atoms with Crippen molar-refractivity contribution in [1.29, 1.82) is 0 Å². The number of aromatic nitrogens is 3. The minimum absolute atomic E-state index is 0.247. The molecular weight excluding hydrogens is 351 g/mol. The smallest absolute Gasteiger partial charge is 0.123 e. The number of fused-ring (bicyclic) bond motifs is 1. The third-order valence-corrected chi connectivity index (χ3v) is 5.54. The fourth-order valence-corrected chi connectivity index (χ4v) is 4.21. The summed E-state index contributed by atoms with van der Waals surface area (Å²) in [6.45, 7) is 4.28. The van der Waals surface area contributed by atoms with Gasteiger partial charge in [0.2, 0.25) is 0 Å². The Morgan fingerprint density at radius 2 is 1.82 bits per heavy atom. The summed E-state index contributed by atoms with van der Waals surface area (Å²) >= 11 is 0. The molecule has 2 aromatic heterocycles. The number of nitrogens with one attached hydrogen (secondary N) is 1. The molecule has 28 heavy (non-hydrogen) atoms. The lowest BCUT2D eigenvalue weighted by Crippen LogP contribution is -2.33. The third kappa shape index (κ3) is 2.98. The molecule has 0 radical (unpaired) electrons. The highest BCUT2D eigenvalue weighted by Gasteiger charge is 2.28. The van der Waals surface area contributed by atoms with E-state index in [1.165, 1.54) is 23.3 Å². The van der Waals surface area contributed by atoms with E-state index in [2.05, 4.69) is 39.2 Å². The molecule has 1 unspecified atom stereocenters. The normalized spacial score (nSPS) is 19.3. The van der Waals surface area contributed by atoms with Crippen LogP contribution in [0.1, 0.15) is 19.0 Å². The van der Waals surface area contributed by atoms with E-state index in [0.29, 0.717) is 6.04 Å². The van der Waals surface area contributed by atoms with Crippen molar-refractivity contribution in [2.45, 2.75) is 19.4 Å². The van der Waals surface area contributed by atoms with Crippen LogP contribution in [-0.4, -0.2) is 39.2 Å². The first-order chi connectivity index (χ1) is 13.7. The van der Waals surface area contributed by atoms with Crippen molar-refractivity contribution in [1.82, 2.24) is 20.1 Å². The number of halogens is 1. The van der Waals surface area contributed by atoms with E-state index < -0.39 is 0 Å². The summed E-state index contributed by atoms with van der Waals surface area (Å²) < 4.78 is 13.4. The van der Waals surface area contributed by atoms with Crippen molar-refractivity contribution in [3.63, 3.8) is 0 Å². The SMILES string of the molecule is CC1=CC2C=C(c3[nH]nc(-c4ccc(F)cc4)c3-c3ccncc3)CCN2C1. The highest BCUT2D eigenvalue weighted by molar-refractivity contribution is 5.89. The van der Waals surface area contributed by atoms with Gasteiger partial charge in [0.05, 0.1) is 5.69 Å². The monoisotopic (exact) mass is 372 g/mol. The summed E-state index contributed by atoms with van der Waals surface area (Å²) in [5.41, 5.74) is 7.58. The number of aromatic amines is 1. The lowest BCUT2D eigenvalue weighted by molar-refractivity contribution is 0.301. The van der Waals surface area contributed by atoms with Gasteiger partial charge in [0.15, 0.2) is 0 Å². The van der Waals surface area contributed by atoms with Crippen LogP contribution in [0.5, 0.6) is 0 Å². The van der Waals surface area contributed by atoms with Gasteiger partial charge in [-0.05, 0) is 60.9 Å². The Morgan fingerprint density at radius 3 is 2.61 bits per heavy atom. The Bertz CT molecular complexity index is 1060. The van der Waals surface area contributed by atoms with E-state index in [-0.39, 0.29) is 5.82 Å². The highest BCUT2D eigenvalue weighted by atomic mass is 19.1. The van der Waals surface area contributed by atoms with Crippen molar-refractivity contribution >= 4 is 5.57 Å². The van der Waals surface area contributed by atoms with Crippen LogP contribution in [-0.2, 0) is 0 Å². The van der Waals surface area contributed by atoms with Crippen molar-refractivity contribution in [2.24, 2.45) is 0 Å². The van der Waals surface area contributed by atoms with Gasteiger partial charge in [-0.1, -0.05) is 17.7 Å². The second-order valence-electron chi connectivity index (χ2n) is 7.48. The molecule has 0 saturated heterocycles. The van der Waals surface area contributed by atoms with Crippen molar-refractivity contribution in [3.8, 4) is 22.4 Å². The van der Waals surface area contributed by atoms with E-state index in [0.717, 1.165) is 47.6 Å². The predicted octanol–water partition coefficient (Wildman–Crippen LogP) is 4.70. The lowest BCUT2D eigenvalue weighted by atomic mass is 9.93. The van der Waals surface area contributed by atoms with Gasteiger partial charge in [0, 0.05) is 42.7 Å². The average molecular weight is 372 g/mol. The van der Waals surface area contributed by atoms with E-state index >= 15 is 0 Å². The summed E-state index contributed by atoms with van der Waals surface area (Å²) in [4.78, 5) is 6.64. The van der Waals surface area contributed by atoms with Gasteiger partial charge >= 0.3 is 0 Å². The Kier molecular flexibility index (Phi) is 4.17. The molecule has 140 valence electrons. The van der Waals surface area contributed by atoms with E-state index in [1.54, 1.807) is 24.5 Å². The molecule has 0 saturated carbocycles. The van der Waals surface area contributed by atoms with Crippen LogP contribution in [0.2, 0.25) is 0 Å². The average Bonchev–Trinajstić information content (AvgIpc) is 3.31. The van der Waals surface area contributed by atoms with Gasteiger partial charge in [0.1, 0.15) is 11.5 Å². The van der Waals surface area contributed by atoms with Crippen LogP contribution in [0.15, 0.2) is 66.5 Å². The fraction of sp³-hybridized carbons (Fsp3) is 0.217. The predicted molar refractivity (Wildman–Crippen MR) is 109 cm³/mol. The zero-order valence-electron chi connectivity index (χ0n) is 15.7. The van der Waals surface area contributed by atoms with Crippen molar-refractivity contribution < 1.29 is 4.39 Å². The number of benzene rings is 1. The van der Waals surface area contributed by atoms with Crippen LogP contribution in [0, 0.1) is 5.82 Å². The van der Waals surface area contributed by atoms with E-state index in [1.807, 2.05) is 12.1 Å². The Hall–Kier alpha value is -3.05. The molecule has 2 aliphatic rings. The molecule has 4 heterocycles. The molecule has 5 rings (SSSR count). The Labute approximate surface area is 163 Å². The summed E-state index contributed by atoms with van der Waals surface area (Å²) in [6, 6.07) is 10.9. The van der Waals surface area contributed by atoms with Gasteiger partial charge in [-0.15, -0.1) is 0 Å². The van der Waals surface area contributed by atoms with Crippen LogP contribution >= 0.6 is 0 Å². The highest BCUT2D eigenvalue weighted by Crippen LogP contribution is 2.39. The molecule has 0 spiro atoms. The molecule has 0 amide bonds. The molecule has 4 nitrogen and oxygen atoms in total. The standard InChI is InChI=1S/C23H21FN4/c1-15-12-20-13-18(8-11-28(20)14-15)23-21(16-6-9-25-10-7-16)22(26-27-23)17-2-4-19(24)5-3-17/h2-7,9-10,12-13,20H,8,11,14H2,1H3,(H,26,27). The van der Waals surface area contributed by atoms with Crippen molar-refractivity contribution in [3.05, 3.63) is 78.0 Å². The number of nitrogens with zero attached hydrogens (tertiary/aromatic N) is 3. The first kappa shape index (κ1) is 17.1. The van der Waals surface area contributed by atoms with Crippen LogP contribution < -0.4 is 0 Å². The second kappa shape index (κ2) is 6.84. The van der Waals surface area contributed by atoms with Gasteiger partial charge in [-0.2, -0.15) is 5.10 Å². The quantitative estimate of drug-likeness (QED) is 0.678. The molecule has 2 aliphatic heterocycles. The molecule has 0 bridgehead atoms. The van der Waals surface area contributed by atoms with E-state index in [4.69, 9.17) is 0 Å². The molecule has 0 aliphatic carbocycles. The lowest BCUT2D eigenvalue weighted by Gasteiger charge is -2.28. The molecule has 5 heteroatoms. The topological polar surface area (TPSA) is 44.8 Å². The minimum Gasteiger partial charge on any atom is -0.289 e. The zero-order chi connectivity index (χ0) is 19.1. The number of rotatable bonds is 3. The fourth-order valence-electron chi connectivity index (χ4n) is 4.21. The number of H-pyrrole nitrogens is 1. The first-order valence-electron chi connectivity index (χ1n) is 9.56. The summed E-state index contributed by atoms with van der Waals surface area (Å²) in [5, 5.41) is 7.91. The van der Waals surface area contributed by atoms with E-state index in [9.17, 15) is 4.39 Å². The van der Waals surface area contributed by atoms with Gasteiger partial charge in [-0.3, -0.25) is 15.0 Å². The molecule has 1 atom stereocenters. The molecule has 3 aromatic rings. The second-order valence-corrected chi connectivity index (χ2v) is 7.48. The maximum absolute atomic E-state index is 13.4. The summed E-state index contributed by atoms with van der Waals surface area (Å²) in [5.74, 6) is -0.247. The molecule has 1 N–H and O–H groups in total. The van der Waals surface area contributed by atoms with Gasteiger partial charge < -0.3 is 0 Å². The van der Waals surface area contributed by atoms with Crippen LogP contribution in [0.3, 0.4) is 0 Å². The summed E-state index contributed by atoms with van der Waals surface area (Å²) in [7, 11) is 0. The largest absolute Gasteiger partial charge is 0.289 e. The molecular formula is C23H21FN4. The molecule has 1 aromatic carbocycles. The minimum atomic E-state index is -0.247. The van der Waals surface area contributed by atoms with Crippen LogP contribution in [0.4, 0.5) is 4.39 Å². The van der Waals surface area contributed by atoms with Gasteiger partial charge in [0.25, 0.3) is 0 Å². The molecule has 0 fully saturated rings. The number of pyridine rings is 1. The maximum atomic E-state index is 13.4. The first-order valence-corrected chi connectivity index (χ1v) is 9.56. The number of hydrogen-bond acceptors (Lipinski definition) is 3. The van der Waals surface area contributed by atoms with Crippen LogP contribution in [0.25, 0.3) is 28.0 Å².